The molecule has 0 atom stereocenters. The maximum atomic E-state index is 5.69. The van der Waals surface area contributed by atoms with Crippen molar-refractivity contribution in [1.29, 1.82) is 0 Å². The number of hydrogen-bond acceptors (Lipinski definition) is 8. The second kappa shape index (κ2) is 8.20. The number of nitrogens with zero attached hydrogens (tertiary/aromatic N) is 3. The van der Waals surface area contributed by atoms with E-state index in [1.54, 1.807) is 25.6 Å². The first kappa shape index (κ1) is 18.2. The van der Waals surface area contributed by atoms with Crippen molar-refractivity contribution in [2.45, 2.75) is 24.3 Å². The highest BCUT2D eigenvalue weighted by Gasteiger charge is 2.15. The monoisotopic (exact) mass is 441 g/mol. The lowest BCUT2D eigenvalue weighted by Crippen LogP contribution is -1.94. The number of thioether (sulfide) groups is 1. The fourth-order valence-corrected chi connectivity index (χ4v) is 4.39. The number of halogens is 1. The van der Waals surface area contributed by atoms with Crippen LogP contribution in [0.1, 0.15) is 22.2 Å². The topological polar surface area (TPSA) is 70.3 Å². The van der Waals surface area contributed by atoms with Crippen LogP contribution in [-0.2, 0) is 12.2 Å². The Hall–Kier alpha value is -1.58. The van der Waals surface area contributed by atoms with Gasteiger partial charge in [-0.15, -0.1) is 21.5 Å². The predicted molar refractivity (Wildman–Crippen MR) is 101 cm³/mol. The molecule has 0 spiro atoms. The fourth-order valence-electron chi connectivity index (χ4n) is 2.19. The Bertz CT molecular complexity index is 866. The van der Waals surface area contributed by atoms with Gasteiger partial charge in [0, 0.05) is 11.1 Å². The van der Waals surface area contributed by atoms with Crippen molar-refractivity contribution >= 4 is 39.0 Å². The van der Waals surface area contributed by atoms with Gasteiger partial charge in [0.2, 0.25) is 5.89 Å². The summed E-state index contributed by atoms with van der Waals surface area (Å²) in [7, 11) is 3.23. The third kappa shape index (κ3) is 4.34. The van der Waals surface area contributed by atoms with Crippen molar-refractivity contribution in [2.75, 3.05) is 14.2 Å². The van der Waals surface area contributed by atoms with Gasteiger partial charge in [0.15, 0.2) is 11.5 Å². The number of thiazole rings is 1. The summed E-state index contributed by atoms with van der Waals surface area (Å²) < 4.78 is 17.2. The molecular weight excluding hydrogens is 426 g/mol. The smallest absolute Gasteiger partial charge is 0.276 e. The standard InChI is InChI=1S/C16H16BrN3O3S2/c1-9-18-11(8-24-9)6-13-19-20-16(23-13)25-7-10-4-5-12(21-2)15(22-3)14(10)17/h4-5,8H,6-7H2,1-3H3. The molecule has 3 rings (SSSR count). The van der Waals surface area contributed by atoms with Gasteiger partial charge in [-0.2, -0.15) is 0 Å². The molecule has 0 aliphatic rings. The van der Waals surface area contributed by atoms with Crippen LogP contribution in [0.15, 0.2) is 31.6 Å². The van der Waals surface area contributed by atoms with Crippen molar-refractivity contribution in [3.63, 3.8) is 0 Å². The lowest BCUT2D eigenvalue weighted by Gasteiger charge is -2.12. The number of benzene rings is 1. The summed E-state index contributed by atoms with van der Waals surface area (Å²) in [5.74, 6) is 2.59. The van der Waals surface area contributed by atoms with Gasteiger partial charge in [-0.3, -0.25) is 0 Å². The van der Waals surface area contributed by atoms with Gasteiger partial charge in [0.25, 0.3) is 5.22 Å². The summed E-state index contributed by atoms with van der Waals surface area (Å²) in [6.45, 7) is 1.98. The maximum absolute atomic E-state index is 5.69. The van der Waals surface area contributed by atoms with Crippen molar-refractivity contribution in [3.05, 3.63) is 44.1 Å². The highest BCUT2D eigenvalue weighted by Crippen LogP contribution is 2.39. The van der Waals surface area contributed by atoms with Gasteiger partial charge in [-0.25, -0.2) is 4.98 Å². The molecule has 0 N–H and O–H groups in total. The van der Waals surface area contributed by atoms with E-state index in [2.05, 4.69) is 31.1 Å². The zero-order valence-electron chi connectivity index (χ0n) is 13.9. The third-order valence-electron chi connectivity index (χ3n) is 3.36. The Kier molecular flexibility index (Phi) is 5.98. The highest BCUT2D eigenvalue weighted by molar-refractivity contribution is 9.10. The van der Waals surface area contributed by atoms with E-state index in [9.17, 15) is 0 Å². The lowest BCUT2D eigenvalue weighted by molar-refractivity contribution is 0.353. The largest absolute Gasteiger partial charge is 0.493 e. The van der Waals surface area contributed by atoms with Crippen molar-refractivity contribution in [3.8, 4) is 11.5 Å². The number of aryl methyl sites for hydroxylation is 1. The molecule has 0 bridgehead atoms. The van der Waals surface area contributed by atoms with E-state index in [4.69, 9.17) is 13.9 Å². The van der Waals surface area contributed by atoms with E-state index < -0.39 is 0 Å². The molecule has 0 amide bonds. The molecule has 9 heteroatoms. The molecule has 0 unspecified atom stereocenters. The van der Waals surface area contributed by atoms with Crippen molar-refractivity contribution in [2.24, 2.45) is 0 Å². The molecule has 0 radical (unpaired) electrons. The molecule has 0 saturated heterocycles. The quantitative estimate of drug-likeness (QED) is 0.499. The van der Waals surface area contributed by atoms with Crippen LogP contribution >= 0.6 is 39.0 Å². The van der Waals surface area contributed by atoms with Crippen LogP contribution in [0.5, 0.6) is 11.5 Å². The first-order chi connectivity index (χ1) is 12.1. The number of hydrogen-bond donors (Lipinski definition) is 0. The second-order valence-electron chi connectivity index (χ2n) is 5.06. The van der Waals surface area contributed by atoms with Gasteiger partial charge in [-0.05, 0) is 34.5 Å². The Morgan fingerprint density at radius 3 is 2.76 bits per heavy atom. The summed E-state index contributed by atoms with van der Waals surface area (Å²) >= 11 is 6.65. The Labute approximate surface area is 162 Å². The van der Waals surface area contributed by atoms with E-state index >= 15 is 0 Å². The molecular formula is C16H16BrN3O3S2. The molecule has 6 nitrogen and oxygen atoms in total. The van der Waals surface area contributed by atoms with E-state index in [1.807, 2.05) is 24.4 Å². The number of ether oxygens (including phenoxy) is 2. The van der Waals surface area contributed by atoms with E-state index in [1.165, 1.54) is 11.8 Å². The van der Waals surface area contributed by atoms with Crippen LogP contribution in [0.2, 0.25) is 0 Å². The minimum atomic E-state index is 0.531. The summed E-state index contributed by atoms with van der Waals surface area (Å²) in [5, 5.41) is 11.7. The minimum Gasteiger partial charge on any atom is -0.493 e. The molecule has 0 aliphatic carbocycles. The molecule has 0 saturated carbocycles. The van der Waals surface area contributed by atoms with Gasteiger partial charge >= 0.3 is 0 Å². The second-order valence-corrected chi connectivity index (χ2v) is 7.84. The molecule has 25 heavy (non-hydrogen) atoms. The minimum absolute atomic E-state index is 0.531. The highest BCUT2D eigenvalue weighted by atomic mass is 79.9. The fraction of sp³-hybridized carbons (Fsp3) is 0.312. The van der Waals surface area contributed by atoms with Gasteiger partial charge in [0.1, 0.15) is 0 Å². The van der Waals surface area contributed by atoms with Crippen LogP contribution in [-0.4, -0.2) is 29.4 Å². The number of rotatable bonds is 7. The third-order valence-corrected chi connectivity index (χ3v) is 5.92. The zero-order chi connectivity index (χ0) is 17.8. The summed E-state index contributed by atoms with van der Waals surface area (Å²) in [6.07, 6.45) is 0.554. The Balaban J connectivity index is 1.66. The number of aromatic nitrogens is 3. The van der Waals surface area contributed by atoms with Gasteiger partial charge in [0.05, 0.1) is 35.8 Å². The van der Waals surface area contributed by atoms with Gasteiger partial charge in [-0.1, -0.05) is 17.8 Å². The first-order valence-electron chi connectivity index (χ1n) is 7.36. The molecule has 0 fully saturated rings. The van der Waals surface area contributed by atoms with E-state index in [-0.39, 0.29) is 0 Å². The summed E-state index contributed by atoms with van der Waals surface area (Å²) in [5.41, 5.74) is 2.00. The van der Waals surface area contributed by atoms with Crippen LogP contribution in [0, 0.1) is 6.92 Å². The predicted octanol–water partition coefficient (Wildman–Crippen LogP) is 4.50. The van der Waals surface area contributed by atoms with Crippen LogP contribution < -0.4 is 9.47 Å². The first-order valence-corrected chi connectivity index (χ1v) is 10.0. The molecule has 2 heterocycles. The van der Waals surface area contributed by atoms with Crippen LogP contribution in [0.3, 0.4) is 0 Å². The average Bonchev–Trinajstić information content (AvgIpc) is 3.22. The number of methoxy groups -OCH3 is 2. The normalized spacial score (nSPS) is 10.9. The maximum Gasteiger partial charge on any atom is 0.276 e. The Morgan fingerprint density at radius 2 is 2.08 bits per heavy atom. The molecule has 0 aliphatic heterocycles. The molecule has 132 valence electrons. The molecule has 1 aromatic carbocycles. The Morgan fingerprint density at radius 1 is 1.24 bits per heavy atom. The van der Waals surface area contributed by atoms with Crippen molar-refractivity contribution in [1.82, 2.24) is 15.2 Å². The molecule has 3 aromatic rings. The average molecular weight is 442 g/mol. The van der Waals surface area contributed by atoms with Gasteiger partial charge < -0.3 is 13.9 Å². The van der Waals surface area contributed by atoms with E-state index in [0.29, 0.717) is 34.8 Å². The summed E-state index contributed by atoms with van der Waals surface area (Å²) in [6, 6.07) is 3.86. The zero-order valence-corrected chi connectivity index (χ0v) is 17.1. The summed E-state index contributed by atoms with van der Waals surface area (Å²) in [4.78, 5) is 4.41. The van der Waals surface area contributed by atoms with Crippen LogP contribution in [0.25, 0.3) is 0 Å². The van der Waals surface area contributed by atoms with E-state index in [0.717, 1.165) is 20.7 Å². The van der Waals surface area contributed by atoms with Crippen LogP contribution in [0.4, 0.5) is 0 Å². The van der Waals surface area contributed by atoms with Crippen molar-refractivity contribution < 1.29 is 13.9 Å². The lowest BCUT2D eigenvalue weighted by atomic mass is 10.2. The molecule has 2 aromatic heterocycles. The SMILES string of the molecule is COc1ccc(CSc2nnc(Cc3csc(C)n3)o2)c(Br)c1OC.